The maximum Gasteiger partial charge on any atom is 0.287 e. The molecule has 1 aliphatic rings. The van der Waals surface area contributed by atoms with Crippen LogP contribution < -0.4 is 5.32 Å². The van der Waals surface area contributed by atoms with Gasteiger partial charge in [0.05, 0.1) is 6.26 Å². The van der Waals surface area contributed by atoms with E-state index in [1.54, 1.807) is 12.1 Å². The number of furan rings is 1. The molecule has 0 bridgehead atoms. The van der Waals surface area contributed by atoms with Crippen LogP contribution in [0.15, 0.2) is 83.5 Å². The lowest BCUT2D eigenvalue weighted by atomic mass is 10.0. The van der Waals surface area contributed by atoms with Gasteiger partial charge in [-0.2, -0.15) is 0 Å². The van der Waals surface area contributed by atoms with Crippen LogP contribution in [0.1, 0.15) is 21.7 Å². The quantitative estimate of drug-likeness (QED) is 0.642. The largest absolute Gasteiger partial charge is 0.459 e. The summed E-state index contributed by atoms with van der Waals surface area (Å²) in [6, 6.07) is 22.7. The molecule has 160 valence electrons. The lowest BCUT2D eigenvalue weighted by Gasteiger charge is -2.36. The summed E-state index contributed by atoms with van der Waals surface area (Å²) in [4.78, 5) is 30.1. The van der Waals surface area contributed by atoms with Crippen molar-refractivity contribution < 1.29 is 14.0 Å². The molecule has 4 rings (SSSR count). The molecule has 6 heteroatoms. The van der Waals surface area contributed by atoms with Gasteiger partial charge in [0.1, 0.15) is 6.04 Å². The average Bonchev–Trinajstić information content (AvgIpc) is 3.35. The molecule has 2 heterocycles. The molecule has 1 saturated heterocycles. The van der Waals surface area contributed by atoms with Gasteiger partial charge in [-0.15, -0.1) is 0 Å². The Morgan fingerprint density at radius 2 is 1.48 bits per heavy atom. The van der Waals surface area contributed by atoms with E-state index in [-0.39, 0.29) is 17.6 Å². The van der Waals surface area contributed by atoms with E-state index in [1.807, 2.05) is 53.4 Å². The van der Waals surface area contributed by atoms with Crippen molar-refractivity contribution in [2.75, 3.05) is 26.2 Å². The Morgan fingerprint density at radius 3 is 2.10 bits per heavy atom. The van der Waals surface area contributed by atoms with Crippen LogP contribution >= 0.6 is 0 Å². The van der Waals surface area contributed by atoms with Gasteiger partial charge in [0.25, 0.3) is 5.91 Å². The van der Waals surface area contributed by atoms with Gasteiger partial charge in [0, 0.05) is 39.1 Å². The molecule has 0 unspecified atom stereocenters. The van der Waals surface area contributed by atoms with Crippen LogP contribution in [0.3, 0.4) is 0 Å². The Bertz CT molecular complexity index is 966. The van der Waals surface area contributed by atoms with Gasteiger partial charge >= 0.3 is 0 Å². The first-order chi connectivity index (χ1) is 15.2. The van der Waals surface area contributed by atoms with Crippen molar-refractivity contribution in [1.82, 2.24) is 15.1 Å². The highest BCUT2D eigenvalue weighted by molar-refractivity contribution is 5.95. The minimum absolute atomic E-state index is 0.0527. The Kier molecular flexibility index (Phi) is 6.79. The van der Waals surface area contributed by atoms with E-state index in [2.05, 4.69) is 22.3 Å². The maximum atomic E-state index is 13.3. The third kappa shape index (κ3) is 5.61. The second-order valence-corrected chi connectivity index (χ2v) is 7.78. The Hall–Kier alpha value is -3.38. The van der Waals surface area contributed by atoms with Gasteiger partial charge in [-0.05, 0) is 23.3 Å². The fourth-order valence-corrected chi connectivity index (χ4v) is 3.88. The molecule has 1 aromatic heterocycles. The lowest BCUT2D eigenvalue weighted by Crippen LogP contribution is -2.55. The van der Waals surface area contributed by atoms with Gasteiger partial charge in [0.2, 0.25) is 5.91 Å². The van der Waals surface area contributed by atoms with Crippen LogP contribution in [0.25, 0.3) is 0 Å². The van der Waals surface area contributed by atoms with E-state index in [0.717, 1.165) is 25.2 Å². The fourth-order valence-electron chi connectivity index (χ4n) is 3.88. The predicted octanol–water partition coefficient (Wildman–Crippen LogP) is 2.97. The molecule has 2 aromatic carbocycles. The van der Waals surface area contributed by atoms with E-state index >= 15 is 0 Å². The van der Waals surface area contributed by atoms with E-state index in [9.17, 15) is 9.59 Å². The molecule has 0 spiro atoms. The number of nitrogens with one attached hydrogen (secondary N) is 1. The molecule has 1 N–H and O–H groups in total. The minimum atomic E-state index is -0.638. The highest BCUT2D eigenvalue weighted by Crippen LogP contribution is 2.12. The summed E-state index contributed by atoms with van der Waals surface area (Å²) < 4.78 is 5.20. The molecule has 2 amide bonds. The molecule has 1 fully saturated rings. The van der Waals surface area contributed by atoms with Gasteiger partial charge in [-0.1, -0.05) is 60.7 Å². The summed E-state index contributed by atoms with van der Waals surface area (Å²) in [6.45, 7) is 3.79. The number of carbonyl (C=O) groups excluding carboxylic acids is 2. The zero-order valence-electron chi connectivity index (χ0n) is 17.4. The Morgan fingerprint density at radius 1 is 0.839 bits per heavy atom. The first kappa shape index (κ1) is 20.9. The van der Waals surface area contributed by atoms with Crippen molar-refractivity contribution in [2.24, 2.45) is 0 Å². The summed E-state index contributed by atoms with van der Waals surface area (Å²) in [7, 11) is 0. The summed E-state index contributed by atoms with van der Waals surface area (Å²) in [5.41, 5.74) is 2.28. The number of piperazine rings is 1. The Labute approximate surface area is 182 Å². The second kappa shape index (κ2) is 10.1. The monoisotopic (exact) mass is 417 g/mol. The van der Waals surface area contributed by atoms with Crippen molar-refractivity contribution in [3.8, 4) is 0 Å². The molecular weight excluding hydrogens is 390 g/mol. The smallest absolute Gasteiger partial charge is 0.287 e. The summed E-state index contributed by atoms with van der Waals surface area (Å²) >= 11 is 0. The zero-order chi connectivity index (χ0) is 21.5. The molecular formula is C25H27N3O3. The van der Waals surface area contributed by atoms with Crippen LogP contribution in [0.4, 0.5) is 0 Å². The molecule has 1 atom stereocenters. The molecule has 0 radical (unpaired) electrons. The molecule has 6 nitrogen and oxygen atoms in total. The van der Waals surface area contributed by atoms with Crippen molar-refractivity contribution in [3.63, 3.8) is 0 Å². The highest BCUT2D eigenvalue weighted by Gasteiger charge is 2.29. The first-order valence-electron chi connectivity index (χ1n) is 10.6. The summed E-state index contributed by atoms with van der Waals surface area (Å²) in [5, 5.41) is 2.88. The number of benzene rings is 2. The molecule has 0 saturated carbocycles. The number of hydrogen-bond acceptors (Lipinski definition) is 4. The van der Waals surface area contributed by atoms with Gasteiger partial charge in [-0.3, -0.25) is 14.5 Å². The standard InChI is InChI=1S/C25H27N3O3/c29-24(23-12-7-17-31-23)26-22(18-20-8-3-1-4-9-20)25(30)28-15-13-27(14-16-28)19-21-10-5-2-6-11-21/h1-12,17,22H,13-16,18-19H2,(H,26,29)/t22-/m0/s1. The first-order valence-corrected chi connectivity index (χ1v) is 10.6. The van der Waals surface area contributed by atoms with Crippen LogP contribution in [0.5, 0.6) is 0 Å². The maximum absolute atomic E-state index is 13.3. The van der Waals surface area contributed by atoms with Crippen molar-refractivity contribution >= 4 is 11.8 Å². The topological polar surface area (TPSA) is 65.8 Å². The fraction of sp³-hybridized carbons (Fsp3) is 0.280. The predicted molar refractivity (Wildman–Crippen MR) is 118 cm³/mol. The molecule has 3 aromatic rings. The SMILES string of the molecule is O=C(N[C@@H](Cc1ccccc1)C(=O)N1CCN(Cc2ccccc2)CC1)c1ccco1. The number of rotatable bonds is 7. The second-order valence-electron chi connectivity index (χ2n) is 7.78. The van der Waals surface area contributed by atoms with Crippen molar-refractivity contribution in [2.45, 2.75) is 19.0 Å². The Balaban J connectivity index is 1.40. The lowest BCUT2D eigenvalue weighted by molar-refractivity contribution is -0.135. The minimum Gasteiger partial charge on any atom is -0.459 e. The number of carbonyl (C=O) groups is 2. The van der Waals surface area contributed by atoms with E-state index < -0.39 is 6.04 Å². The number of nitrogens with zero attached hydrogens (tertiary/aromatic N) is 2. The number of hydrogen-bond donors (Lipinski definition) is 1. The van der Waals surface area contributed by atoms with Gasteiger partial charge in [0.15, 0.2) is 5.76 Å². The summed E-state index contributed by atoms with van der Waals surface area (Å²) in [5.74, 6) is -0.219. The average molecular weight is 418 g/mol. The van der Waals surface area contributed by atoms with E-state index in [1.165, 1.54) is 11.8 Å². The van der Waals surface area contributed by atoms with Crippen LogP contribution in [-0.2, 0) is 17.8 Å². The normalized spacial score (nSPS) is 15.4. The molecule has 0 aliphatic carbocycles. The third-order valence-corrected chi connectivity index (χ3v) is 5.56. The van der Waals surface area contributed by atoms with Gasteiger partial charge < -0.3 is 14.6 Å². The highest BCUT2D eigenvalue weighted by atomic mass is 16.3. The summed E-state index contributed by atoms with van der Waals surface area (Å²) in [6.07, 6.45) is 1.89. The van der Waals surface area contributed by atoms with Crippen LogP contribution in [0, 0.1) is 0 Å². The van der Waals surface area contributed by atoms with E-state index in [0.29, 0.717) is 19.5 Å². The van der Waals surface area contributed by atoms with Crippen molar-refractivity contribution in [1.29, 1.82) is 0 Å². The van der Waals surface area contributed by atoms with E-state index in [4.69, 9.17) is 4.42 Å². The van der Waals surface area contributed by atoms with Gasteiger partial charge in [-0.25, -0.2) is 0 Å². The molecule has 31 heavy (non-hydrogen) atoms. The van der Waals surface area contributed by atoms with Crippen molar-refractivity contribution in [3.05, 3.63) is 95.9 Å². The van der Waals surface area contributed by atoms with Crippen LogP contribution in [-0.4, -0.2) is 53.8 Å². The van der Waals surface area contributed by atoms with Crippen LogP contribution in [0.2, 0.25) is 0 Å². The number of amides is 2. The molecule has 1 aliphatic heterocycles. The third-order valence-electron chi connectivity index (χ3n) is 5.56. The zero-order valence-corrected chi connectivity index (χ0v) is 17.4.